The lowest BCUT2D eigenvalue weighted by molar-refractivity contribution is -0.150. The van der Waals surface area contributed by atoms with Gasteiger partial charge in [-0.25, -0.2) is 4.79 Å². The second-order valence-corrected chi connectivity index (χ2v) is 7.43. The molecule has 0 bridgehead atoms. The quantitative estimate of drug-likeness (QED) is 0.535. The number of halogens is 1. The van der Waals surface area contributed by atoms with Crippen molar-refractivity contribution in [3.05, 3.63) is 23.2 Å². The Bertz CT molecular complexity index is 837. The summed E-state index contributed by atoms with van der Waals surface area (Å²) >= 11 is 5.99. The van der Waals surface area contributed by atoms with Gasteiger partial charge in [-0.05, 0) is 31.0 Å². The first-order valence-electron chi connectivity index (χ1n) is 9.28. The fourth-order valence-electron chi connectivity index (χ4n) is 3.58. The molecule has 1 aromatic rings. The predicted molar refractivity (Wildman–Crippen MR) is 104 cm³/mol. The molecular formula is C19H22ClN3O6. The number of hydrogen-bond donors (Lipinski definition) is 2. The molecular weight excluding hydrogens is 402 g/mol. The highest BCUT2D eigenvalue weighted by molar-refractivity contribution is 6.32. The van der Waals surface area contributed by atoms with Crippen molar-refractivity contribution in [2.75, 3.05) is 25.6 Å². The smallest absolute Gasteiger partial charge is 0.326 e. The summed E-state index contributed by atoms with van der Waals surface area (Å²) in [5, 5.41) is 5.56. The van der Waals surface area contributed by atoms with Gasteiger partial charge in [-0.2, -0.15) is 0 Å². The Morgan fingerprint density at radius 3 is 2.62 bits per heavy atom. The molecule has 2 fully saturated rings. The lowest BCUT2D eigenvalue weighted by Crippen LogP contribution is -2.48. The molecule has 1 aromatic carbocycles. The first kappa shape index (κ1) is 20.9. The van der Waals surface area contributed by atoms with E-state index in [1.807, 2.05) is 0 Å². The number of benzene rings is 1. The number of imide groups is 1. The van der Waals surface area contributed by atoms with Crippen LogP contribution in [-0.4, -0.2) is 54.5 Å². The highest BCUT2D eigenvalue weighted by atomic mass is 35.5. The molecule has 1 aliphatic heterocycles. The molecule has 1 saturated heterocycles. The normalized spacial score (nSPS) is 17.8. The van der Waals surface area contributed by atoms with E-state index in [-0.39, 0.29) is 0 Å². The zero-order valence-corrected chi connectivity index (χ0v) is 16.7. The summed E-state index contributed by atoms with van der Waals surface area (Å²) in [4.78, 5) is 49.6. The highest BCUT2D eigenvalue weighted by Crippen LogP contribution is 2.33. The summed E-state index contributed by atoms with van der Waals surface area (Å²) in [5.74, 6) is -1.37. The summed E-state index contributed by atoms with van der Waals surface area (Å²) in [5.41, 5.74) is -0.495. The molecule has 156 valence electrons. The van der Waals surface area contributed by atoms with Gasteiger partial charge in [0.1, 0.15) is 17.8 Å². The van der Waals surface area contributed by atoms with Crippen molar-refractivity contribution in [2.45, 2.75) is 37.6 Å². The third-order valence-corrected chi connectivity index (χ3v) is 5.34. The molecule has 0 atom stereocenters. The number of amides is 4. The highest BCUT2D eigenvalue weighted by Gasteiger charge is 2.51. The molecule has 0 aromatic heterocycles. The summed E-state index contributed by atoms with van der Waals surface area (Å²) < 4.78 is 9.93. The Morgan fingerprint density at radius 2 is 1.97 bits per heavy atom. The van der Waals surface area contributed by atoms with Crippen LogP contribution in [-0.2, 0) is 19.1 Å². The lowest BCUT2D eigenvalue weighted by atomic mass is 9.82. The van der Waals surface area contributed by atoms with Gasteiger partial charge in [-0.3, -0.25) is 19.3 Å². The molecule has 2 N–H and O–H groups in total. The molecule has 3 rings (SSSR count). The number of ether oxygens (including phenoxy) is 2. The van der Waals surface area contributed by atoms with Crippen LogP contribution < -0.4 is 15.4 Å². The summed E-state index contributed by atoms with van der Waals surface area (Å²) in [7, 11) is 1.47. The van der Waals surface area contributed by atoms with Crippen LogP contribution in [0.15, 0.2) is 18.2 Å². The SMILES string of the molecule is COc1ccc(NC(=O)COC(=O)CN2C(=O)NC3(CCCCC3)C2=O)cc1Cl. The number of nitrogens with zero attached hydrogens (tertiary/aromatic N) is 1. The van der Waals surface area contributed by atoms with E-state index in [4.69, 9.17) is 21.1 Å². The van der Waals surface area contributed by atoms with Crippen molar-refractivity contribution in [2.24, 2.45) is 0 Å². The van der Waals surface area contributed by atoms with Crippen molar-refractivity contribution in [1.29, 1.82) is 0 Å². The van der Waals surface area contributed by atoms with E-state index in [1.54, 1.807) is 12.1 Å². The zero-order valence-electron chi connectivity index (χ0n) is 16.0. The topological polar surface area (TPSA) is 114 Å². The molecule has 2 aliphatic rings. The number of urea groups is 1. The minimum absolute atomic E-state index is 0.317. The largest absolute Gasteiger partial charge is 0.495 e. The third kappa shape index (κ3) is 4.61. The van der Waals surface area contributed by atoms with Gasteiger partial charge in [0.25, 0.3) is 11.8 Å². The van der Waals surface area contributed by atoms with Crippen LogP contribution in [0.3, 0.4) is 0 Å². The molecule has 9 nitrogen and oxygen atoms in total. The van der Waals surface area contributed by atoms with Crippen LogP contribution in [0.2, 0.25) is 5.02 Å². The van der Waals surface area contributed by atoms with Crippen molar-refractivity contribution < 1.29 is 28.7 Å². The molecule has 0 unspecified atom stereocenters. The van der Waals surface area contributed by atoms with Gasteiger partial charge >= 0.3 is 12.0 Å². The minimum atomic E-state index is -0.902. The van der Waals surface area contributed by atoms with Gasteiger partial charge in [0.15, 0.2) is 6.61 Å². The van der Waals surface area contributed by atoms with E-state index in [1.165, 1.54) is 13.2 Å². The van der Waals surface area contributed by atoms with Gasteiger partial charge in [0.05, 0.1) is 12.1 Å². The molecule has 1 saturated carbocycles. The Labute approximate surface area is 172 Å². The van der Waals surface area contributed by atoms with Crippen LogP contribution in [0.25, 0.3) is 0 Å². The summed E-state index contributed by atoms with van der Waals surface area (Å²) in [6.45, 7) is -1.09. The Hall–Kier alpha value is -2.81. The second-order valence-electron chi connectivity index (χ2n) is 7.02. The number of methoxy groups -OCH3 is 1. The average Bonchev–Trinajstić information content (AvgIpc) is 2.91. The van der Waals surface area contributed by atoms with Crippen LogP contribution in [0.4, 0.5) is 10.5 Å². The van der Waals surface area contributed by atoms with E-state index in [0.717, 1.165) is 24.2 Å². The van der Waals surface area contributed by atoms with E-state index in [9.17, 15) is 19.2 Å². The molecule has 1 spiro atoms. The molecule has 1 aliphatic carbocycles. The number of anilines is 1. The van der Waals surface area contributed by atoms with E-state index >= 15 is 0 Å². The monoisotopic (exact) mass is 423 g/mol. The maximum atomic E-state index is 12.6. The Balaban J connectivity index is 1.49. The van der Waals surface area contributed by atoms with Crippen molar-refractivity contribution in [1.82, 2.24) is 10.2 Å². The standard InChI is InChI=1S/C19H22ClN3O6/c1-28-14-6-5-12(9-13(14)20)21-15(24)11-29-16(25)10-23-17(26)19(22-18(23)27)7-3-2-4-8-19/h5-6,9H,2-4,7-8,10-11H2,1H3,(H,21,24)(H,22,27). The van der Waals surface area contributed by atoms with E-state index in [0.29, 0.717) is 29.3 Å². The zero-order chi connectivity index (χ0) is 21.0. The van der Waals surface area contributed by atoms with Crippen molar-refractivity contribution >= 4 is 41.1 Å². The molecule has 1 heterocycles. The van der Waals surface area contributed by atoms with E-state index < -0.39 is 42.5 Å². The average molecular weight is 424 g/mol. The fraction of sp³-hybridized carbons (Fsp3) is 0.474. The van der Waals surface area contributed by atoms with Crippen LogP contribution in [0.5, 0.6) is 5.75 Å². The first-order chi connectivity index (χ1) is 13.8. The lowest BCUT2D eigenvalue weighted by Gasteiger charge is -2.30. The van der Waals surface area contributed by atoms with Gasteiger partial charge in [0.2, 0.25) is 0 Å². The predicted octanol–water partition coefficient (Wildman–Crippen LogP) is 2.08. The second kappa shape index (κ2) is 8.69. The van der Waals surface area contributed by atoms with Gasteiger partial charge in [-0.15, -0.1) is 0 Å². The van der Waals surface area contributed by atoms with Crippen molar-refractivity contribution in [3.8, 4) is 5.75 Å². The minimum Gasteiger partial charge on any atom is -0.495 e. The van der Waals surface area contributed by atoms with Crippen LogP contribution in [0, 0.1) is 0 Å². The Morgan fingerprint density at radius 1 is 1.24 bits per heavy atom. The summed E-state index contributed by atoms with van der Waals surface area (Å²) in [6, 6.07) is 4.06. The fourth-order valence-corrected chi connectivity index (χ4v) is 3.83. The molecule has 0 radical (unpaired) electrons. The number of carbonyl (C=O) groups is 4. The van der Waals surface area contributed by atoms with Crippen LogP contribution in [0.1, 0.15) is 32.1 Å². The van der Waals surface area contributed by atoms with Gasteiger partial charge in [-0.1, -0.05) is 30.9 Å². The van der Waals surface area contributed by atoms with Crippen LogP contribution >= 0.6 is 11.6 Å². The molecule has 10 heteroatoms. The van der Waals surface area contributed by atoms with E-state index in [2.05, 4.69) is 10.6 Å². The third-order valence-electron chi connectivity index (χ3n) is 5.04. The molecule has 29 heavy (non-hydrogen) atoms. The maximum absolute atomic E-state index is 12.6. The number of nitrogens with one attached hydrogen (secondary N) is 2. The summed E-state index contributed by atoms with van der Waals surface area (Å²) in [6.07, 6.45) is 3.84. The molecule has 4 amide bonds. The van der Waals surface area contributed by atoms with Gasteiger partial charge in [0, 0.05) is 5.69 Å². The number of carbonyl (C=O) groups excluding carboxylic acids is 4. The number of esters is 1. The maximum Gasteiger partial charge on any atom is 0.326 e. The first-order valence-corrected chi connectivity index (χ1v) is 9.65. The number of rotatable bonds is 6. The number of hydrogen-bond acceptors (Lipinski definition) is 6. The van der Waals surface area contributed by atoms with Gasteiger partial charge < -0.3 is 20.1 Å². The van der Waals surface area contributed by atoms with Crippen molar-refractivity contribution in [3.63, 3.8) is 0 Å². The Kier molecular flexibility index (Phi) is 6.26.